The first kappa shape index (κ1) is 18.9. The van der Waals surface area contributed by atoms with Crippen molar-refractivity contribution in [1.82, 2.24) is 9.88 Å². The molecule has 1 aromatic heterocycles. The van der Waals surface area contributed by atoms with Crippen LogP contribution >= 0.6 is 0 Å². The number of aromatic nitrogens is 1. The molecular formula is C25H26N2O3. The number of rotatable bonds is 3. The van der Waals surface area contributed by atoms with Crippen LogP contribution < -0.4 is 0 Å². The van der Waals surface area contributed by atoms with Crippen molar-refractivity contribution in [2.75, 3.05) is 13.1 Å². The van der Waals surface area contributed by atoms with Crippen LogP contribution in [0.25, 0.3) is 10.9 Å². The van der Waals surface area contributed by atoms with Crippen LogP contribution in [-0.2, 0) is 12.8 Å². The molecule has 1 fully saturated rings. The lowest BCUT2D eigenvalue weighted by molar-refractivity contribution is 0.0651. The van der Waals surface area contributed by atoms with Crippen LogP contribution in [0, 0.1) is 5.92 Å². The summed E-state index contributed by atoms with van der Waals surface area (Å²) >= 11 is 0. The first-order valence-corrected chi connectivity index (χ1v) is 10.9. The van der Waals surface area contributed by atoms with Gasteiger partial charge in [-0.05, 0) is 74.4 Å². The van der Waals surface area contributed by atoms with Crippen molar-refractivity contribution < 1.29 is 14.7 Å². The van der Waals surface area contributed by atoms with E-state index in [0.29, 0.717) is 31.5 Å². The van der Waals surface area contributed by atoms with Crippen molar-refractivity contribution in [3.8, 4) is 5.75 Å². The van der Waals surface area contributed by atoms with Crippen LogP contribution in [0.3, 0.4) is 0 Å². The highest BCUT2D eigenvalue weighted by molar-refractivity contribution is 6.07. The summed E-state index contributed by atoms with van der Waals surface area (Å²) in [7, 11) is 0. The van der Waals surface area contributed by atoms with Crippen LogP contribution in [0.4, 0.5) is 0 Å². The molecule has 5 heteroatoms. The number of aryl methyl sites for hydroxylation is 2. The molecule has 154 valence electrons. The number of likely N-dealkylation sites (tertiary alicyclic amines) is 1. The second kappa shape index (κ2) is 7.63. The van der Waals surface area contributed by atoms with Crippen LogP contribution in [0.5, 0.6) is 5.75 Å². The zero-order valence-electron chi connectivity index (χ0n) is 17.0. The Bertz CT molecular complexity index is 1110. The Labute approximate surface area is 175 Å². The molecule has 2 aliphatic rings. The molecule has 30 heavy (non-hydrogen) atoms. The smallest absolute Gasteiger partial charge is 0.255 e. The number of para-hydroxylation sites is 1. The Hall–Kier alpha value is -3.08. The van der Waals surface area contributed by atoms with Crippen molar-refractivity contribution in [3.05, 3.63) is 64.8 Å². The van der Waals surface area contributed by atoms with Crippen LogP contribution in [0.1, 0.15) is 57.7 Å². The second-order valence-electron chi connectivity index (χ2n) is 8.49. The minimum absolute atomic E-state index is 0.0507. The summed E-state index contributed by atoms with van der Waals surface area (Å²) in [5, 5.41) is 10.6. The van der Waals surface area contributed by atoms with Gasteiger partial charge in [-0.15, -0.1) is 0 Å². The number of H-pyrrole nitrogens is 1. The maximum Gasteiger partial charge on any atom is 0.255 e. The molecule has 0 unspecified atom stereocenters. The number of carbonyl (C=O) groups excluding carboxylic acids is 2. The number of aromatic amines is 1. The van der Waals surface area contributed by atoms with E-state index >= 15 is 0 Å². The third-order valence-electron chi connectivity index (χ3n) is 6.67. The minimum Gasteiger partial charge on any atom is -0.508 e. The van der Waals surface area contributed by atoms with Gasteiger partial charge in [-0.25, -0.2) is 0 Å². The van der Waals surface area contributed by atoms with Crippen molar-refractivity contribution in [2.24, 2.45) is 5.92 Å². The van der Waals surface area contributed by atoms with Gasteiger partial charge in [0, 0.05) is 35.7 Å². The highest BCUT2D eigenvalue weighted by atomic mass is 16.3. The first-order chi connectivity index (χ1) is 14.6. The van der Waals surface area contributed by atoms with Crippen molar-refractivity contribution in [3.63, 3.8) is 0 Å². The van der Waals surface area contributed by atoms with E-state index in [2.05, 4.69) is 11.1 Å². The van der Waals surface area contributed by atoms with E-state index in [0.717, 1.165) is 23.9 Å². The SMILES string of the molecule is O=C(c1ccc(O)cc1)C1CCN(C(=O)c2cccc3c4c([nH]c23)CCCC4)CC1. The number of Topliss-reactive ketones (excluding diaryl/α,β-unsaturated/α-hetero) is 1. The Morgan fingerprint density at radius 1 is 0.967 bits per heavy atom. The molecule has 1 aliphatic heterocycles. The van der Waals surface area contributed by atoms with E-state index in [1.807, 2.05) is 17.0 Å². The molecule has 0 radical (unpaired) electrons. The van der Waals surface area contributed by atoms with Gasteiger partial charge in [0.2, 0.25) is 0 Å². The fraction of sp³-hybridized carbons (Fsp3) is 0.360. The summed E-state index contributed by atoms with van der Waals surface area (Å²) in [6.45, 7) is 1.17. The zero-order valence-corrected chi connectivity index (χ0v) is 17.0. The number of hydrogen-bond acceptors (Lipinski definition) is 3. The largest absolute Gasteiger partial charge is 0.508 e. The predicted octanol–water partition coefficient (Wildman–Crippen LogP) is 4.49. The summed E-state index contributed by atoms with van der Waals surface area (Å²) in [6, 6.07) is 12.5. The molecule has 2 heterocycles. The van der Waals surface area contributed by atoms with Crippen LogP contribution in [0.2, 0.25) is 0 Å². The molecule has 1 saturated heterocycles. The highest BCUT2D eigenvalue weighted by Crippen LogP contribution is 2.32. The second-order valence-corrected chi connectivity index (χ2v) is 8.49. The highest BCUT2D eigenvalue weighted by Gasteiger charge is 2.29. The fourth-order valence-corrected chi connectivity index (χ4v) is 4.98. The quantitative estimate of drug-likeness (QED) is 0.634. The number of phenols is 1. The number of piperidine rings is 1. The topological polar surface area (TPSA) is 73.4 Å². The Morgan fingerprint density at radius 3 is 2.47 bits per heavy atom. The van der Waals surface area contributed by atoms with Gasteiger partial charge in [-0.3, -0.25) is 9.59 Å². The van der Waals surface area contributed by atoms with Gasteiger partial charge in [-0.1, -0.05) is 12.1 Å². The van der Waals surface area contributed by atoms with Gasteiger partial charge in [0.1, 0.15) is 5.75 Å². The number of hydrogen-bond donors (Lipinski definition) is 2. The number of aromatic hydroxyl groups is 1. The maximum atomic E-state index is 13.3. The van der Waals surface area contributed by atoms with E-state index in [1.165, 1.54) is 29.5 Å². The van der Waals surface area contributed by atoms with Crippen LogP contribution in [0.15, 0.2) is 42.5 Å². The molecule has 5 rings (SSSR count). The standard InChI is InChI=1S/C25H26N2O3/c28-18-10-8-16(9-11-18)24(29)17-12-14-27(15-13-17)25(30)21-6-3-5-20-19-4-1-2-7-22(19)26-23(20)21/h3,5-6,8-11,17,26,28H,1-2,4,7,12-15H2. The number of benzene rings is 2. The van der Waals surface area contributed by atoms with Gasteiger partial charge in [0.05, 0.1) is 11.1 Å². The van der Waals surface area contributed by atoms with Gasteiger partial charge in [-0.2, -0.15) is 0 Å². The molecule has 0 bridgehead atoms. The summed E-state index contributed by atoms with van der Waals surface area (Å²) in [4.78, 5) is 31.5. The maximum absolute atomic E-state index is 13.3. The molecule has 2 aromatic carbocycles. The lowest BCUT2D eigenvalue weighted by Crippen LogP contribution is -2.40. The molecule has 2 N–H and O–H groups in total. The minimum atomic E-state index is -0.0767. The molecule has 3 aromatic rings. The number of nitrogens with one attached hydrogen (secondary N) is 1. The average molecular weight is 402 g/mol. The van der Waals surface area contributed by atoms with Gasteiger partial charge < -0.3 is 15.0 Å². The van der Waals surface area contributed by atoms with E-state index in [1.54, 1.807) is 24.3 Å². The Balaban J connectivity index is 1.32. The number of fused-ring (bicyclic) bond motifs is 3. The number of amides is 1. The van der Waals surface area contributed by atoms with E-state index in [9.17, 15) is 14.7 Å². The van der Waals surface area contributed by atoms with E-state index in [4.69, 9.17) is 0 Å². The van der Waals surface area contributed by atoms with Gasteiger partial charge in [0.15, 0.2) is 5.78 Å². The summed E-state index contributed by atoms with van der Waals surface area (Å²) in [5.74, 6) is 0.232. The van der Waals surface area contributed by atoms with E-state index in [-0.39, 0.29) is 23.4 Å². The Kier molecular flexibility index (Phi) is 4.81. The van der Waals surface area contributed by atoms with Crippen molar-refractivity contribution in [2.45, 2.75) is 38.5 Å². The van der Waals surface area contributed by atoms with Crippen molar-refractivity contribution >= 4 is 22.6 Å². The number of phenolic OH excluding ortho intramolecular Hbond substituents is 1. The molecule has 5 nitrogen and oxygen atoms in total. The summed E-state index contributed by atoms with van der Waals surface area (Å²) < 4.78 is 0. The molecule has 1 amide bonds. The average Bonchev–Trinajstić information content (AvgIpc) is 3.18. The van der Waals surface area contributed by atoms with Gasteiger partial charge in [0.25, 0.3) is 5.91 Å². The predicted molar refractivity (Wildman–Crippen MR) is 116 cm³/mol. The van der Waals surface area contributed by atoms with Gasteiger partial charge >= 0.3 is 0 Å². The lowest BCUT2D eigenvalue weighted by Gasteiger charge is -2.31. The number of carbonyl (C=O) groups is 2. The van der Waals surface area contributed by atoms with Crippen LogP contribution in [-0.4, -0.2) is 39.8 Å². The summed E-state index contributed by atoms with van der Waals surface area (Å²) in [6.07, 6.45) is 5.89. The lowest BCUT2D eigenvalue weighted by atomic mass is 9.88. The monoisotopic (exact) mass is 402 g/mol. The third kappa shape index (κ3) is 3.28. The zero-order chi connectivity index (χ0) is 20.7. The summed E-state index contributed by atoms with van der Waals surface area (Å²) in [5.41, 5.74) is 5.00. The molecule has 1 aliphatic carbocycles. The molecule has 0 spiro atoms. The normalized spacial score (nSPS) is 17.1. The third-order valence-corrected chi connectivity index (χ3v) is 6.67. The Morgan fingerprint density at radius 2 is 1.70 bits per heavy atom. The molecular weight excluding hydrogens is 376 g/mol. The first-order valence-electron chi connectivity index (χ1n) is 10.9. The number of nitrogens with zero attached hydrogens (tertiary/aromatic N) is 1. The molecule has 0 atom stereocenters. The number of ketones is 1. The molecule has 0 saturated carbocycles. The van der Waals surface area contributed by atoms with E-state index < -0.39 is 0 Å². The van der Waals surface area contributed by atoms with Crippen molar-refractivity contribution in [1.29, 1.82) is 0 Å². The fourth-order valence-electron chi connectivity index (χ4n) is 4.98.